The first-order chi connectivity index (χ1) is 9.26. The van der Waals surface area contributed by atoms with E-state index in [4.69, 9.17) is 28.1 Å². The first-order valence-electron chi connectivity index (χ1n) is 7.03. The Hall–Kier alpha value is -0.110. The van der Waals surface area contributed by atoms with Gasteiger partial charge < -0.3 is 28.1 Å². The standard InChI is InChI=1S/C11H20B2O6/c1-4-12-15-6-7-8(17-12)9-10(11(14-3)16-7)19-13(5-2)18-9/h7-11H,4-6H2,1-3H3. The lowest BCUT2D eigenvalue weighted by Crippen LogP contribution is -2.62. The number of hydrogen-bond donors (Lipinski definition) is 0. The summed E-state index contributed by atoms with van der Waals surface area (Å²) in [6.45, 7) is 4.57. The van der Waals surface area contributed by atoms with Crippen LogP contribution in [-0.2, 0) is 28.1 Å². The molecule has 3 heterocycles. The topological polar surface area (TPSA) is 55.4 Å². The molecule has 0 aromatic rings. The highest BCUT2D eigenvalue weighted by Gasteiger charge is 2.56. The quantitative estimate of drug-likeness (QED) is 0.699. The summed E-state index contributed by atoms with van der Waals surface area (Å²) in [5, 5.41) is 0. The third-order valence-electron chi connectivity index (χ3n) is 3.86. The molecule has 5 unspecified atom stereocenters. The molecule has 5 atom stereocenters. The van der Waals surface area contributed by atoms with Gasteiger partial charge in [-0.3, -0.25) is 0 Å². The van der Waals surface area contributed by atoms with Gasteiger partial charge in [0.25, 0.3) is 0 Å². The zero-order chi connectivity index (χ0) is 13.4. The van der Waals surface area contributed by atoms with Crippen molar-refractivity contribution in [3.63, 3.8) is 0 Å². The van der Waals surface area contributed by atoms with Crippen molar-refractivity contribution in [2.24, 2.45) is 0 Å². The molecular formula is C11H20B2O6. The maximum Gasteiger partial charge on any atom is 0.457 e. The molecule has 19 heavy (non-hydrogen) atoms. The summed E-state index contributed by atoms with van der Waals surface area (Å²) in [4.78, 5) is 0. The summed E-state index contributed by atoms with van der Waals surface area (Å²) < 4.78 is 34.5. The Morgan fingerprint density at radius 1 is 1.00 bits per heavy atom. The van der Waals surface area contributed by atoms with Crippen LogP contribution in [0, 0.1) is 0 Å². The van der Waals surface area contributed by atoms with Gasteiger partial charge in [0.1, 0.15) is 12.2 Å². The van der Waals surface area contributed by atoms with Crippen LogP contribution in [0.15, 0.2) is 0 Å². The second-order valence-corrected chi connectivity index (χ2v) is 5.09. The van der Waals surface area contributed by atoms with Crippen LogP contribution < -0.4 is 0 Å². The third-order valence-corrected chi connectivity index (χ3v) is 3.86. The van der Waals surface area contributed by atoms with Crippen molar-refractivity contribution in [2.75, 3.05) is 13.7 Å². The number of rotatable bonds is 3. The van der Waals surface area contributed by atoms with E-state index < -0.39 is 6.29 Å². The SMILES string of the molecule is CCB1OCC2OC(OC)C3OB(CC)OC3C2O1. The van der Waals surface area contributed by atoms with Crippen molar-refractivity contribution < 1.29 is 28.1 Å². The summed E-state index contributed by atoms with van der Waals surface area (Å²) >= 11 is 0. The number of hydrogen-bond acceptors (Lipinski definition) is 6. The molecule has 0 bridgehead atoms. The Labute approximate surface area is 114 Å². The van der Waals surface area contributed by atoms with Crippen LogP contribution in [0.25, 0.3) is 0 Å². The van der Waals surface area contributed by atoms with Gasteiger partial charge >= 0.3 is 14.2 Å². The van der Waals surface area contributed by atoms with Crippen LogP contribution in [0.1, 0.15) is 13.8 Å². The lowest BCUT2D eigenvalue weighted by atomic mass is 9.82. The Balaban J connectivity index is 1.77. The van der Waals surface area contributed by atoms with Gasteiger partial charge in [0, 0.05) is 7.11 Å². The second-order valence-electron chi connectivity index (χ2n) is 5.09. The van der Waals surface area contributed by atoms with Gasteiger partial charge in [-0.2, -0.15) is 0 Å². The minimum absolute atomic E-state index is 0.147. The fourth-order valence-electron chi connectivity index (χ4n) is 2.87. The molecule has 0 amide bonds. The molecule has 8 heteroatoms. The second kappa shape index (κ2) is 5.71. The van der Waals surface area contributed by atoms with E-state index in [9.17, 15) is 0 Å². The smallest absolute Gasteiger partial charge is 0.408 e. The molecule has 0 aromatic carbocycles. The van der Waals surface area contributed by atoms with Gasteiger partial charge in [0.05, 0.1) is 18.8 Å². The summed E-state index contributed by atoms with van der Waals surface area (Å²) in [5.74, 6) is 0. The molecule has 3 aliphatic heterocycles. The molecule has 106 valence electrons. The summed E-state index contributed by atoms with van der Waals surface area (Å²) in [6, 6.07) is 0. The van der Waals surface area contributed by atoms with E-state index in [1.165, 1.54) is 0 Å². The molecule has 0 N–H and O–H groups in total. The molecule has 3 saturated heterocycles. The van der Waals surface area contributed by atoms with Crippen LogP contribution in [0.5, 0.6) is 0 Å². The molecule has 0 aromatic heterocycles. The van der Waals surface area contributed by atoms with Crippen molar-refractivity contribution in [3.05, 3.63) is 0 Å². The average Bonchev–Trinajstić information content (AvgIpc) is 2.90. The Morgan fingerprint density at radius 3 is 2.37 bits per heavy atom. The molecule has 0 spiro atoms. The van der Waals surface area contributed by atoms with Crippen LogP contribution >= 0.6 is 0 Å². The van der Waals surface area contributed by atoms with E-state index in [1.807, 2.05) is 13.8 Å². The van der Waals surface area contributed by atoms with E-state index in [-0.39, 0.29) is 38.7 Å². The van der Waals surface area contributed by atoms with Gasteiger partial charge in [-0.15, -0.1) is 0 Å². The van der Waals surface area contributed by atoms with Gasteiger partial charge in [-0.25, -0.2) is 0 Å². The van der Waals surface area contributed by atoms with E-state index in [0.29, 0.717) is 6.61 Å². The van der Waals surface area contributed by atoms with Gasteiger partial charge in [-0.05, 0) is 12.6 Å². The molecule has 0 aliphatic carbocycles. The van der Waals surface area contributed by atoms with Gasteiger partial charge in [0.2, 0.25) is 0 Å². The predicted molar refractivity (Wildman–Crippen MR) is 68.7 cm³/mol. The average molecular weight is 270 g/mol. The minimum Gasteiger partial charge on any atom is -0.408 e. The van der Waals surface area contributed by atoms with Gasteiger partial charge in [-0.1, -0.05) is 13.8 Å². The molecule has 3 fully saturated rings. The minimum atomic E-state index is -0.423. The summed E-state index contributed by atoms with van der Waals surface area (Å²) in [6.07, 6.45) is 0.507. The first kappa shape index (κ1) is 13.9. The molecule has 3 rings (SSSR count). The first-order valence-corrected chi connectivity index (χ1v) is 7.03. The number of ether oxygens (including phenoxy) is 2. The van der Waals surface area contributed by atoms with Crippen molar-refractivity contribution in [1.82, 2.24) is 0 Å². The van der Waals surface area contributed by atoms with Crippen LogP contribution in [-0.4, -0.2) is 58.7 Å². The normalized spacial score (nSPS) is 42.2. The number of methoxy groups -OCH3 is 1. The highest BCUT2D eigenvalue weighted by Crippen LogP contribution is 2.36. The fourth-order valence-corrected chi connectivity index (χ4v) is 2.87. The van der Waals surface area contributed by atoms with Crippen molar-refractivity contribution in [3.8, 4) is 0 Å². The Bertz CT molecular complexity index is 320. The highest BCUT2D eigenvalue weighted by molar-refractivity contribution is 6.45. The van der Waals surface area contributed by atoms with Crippen molar-refractivity contribution in [2.45, 2.75) is 57.2 Å². The zero-order valence-electron chi connectivity index (χ0n) is 11.6. The highest BCUT2D eigenvalue weighted by atomic mass is 16.8. The van der Waals surface area contributed by atoms with E-state index in [2.05, 4.69) is 0 Å². The predicted octanol–water partition coefficient (Wildman–Crippen LogP) is 0.573. The Kier molecular flexibility index (Phi) is 4.17. The van der Waals surface area contributed by atoms with Crippen molar-refractivity contribution >= 4 is 14.2 Å². The zero-order valence-corrected chi connectivity index (χ0v) is 11.6. The molecular weight excluding hydrogens is 250 g/mol. The van der Waals surface area contributed by atoms with E-state index >= 15 is 0 Å². The third kappa shape index (κ3) is 2.46. The lowest BCUT2D eigenvalue weighted by molar-refractivity contribution is -0.276. The molecule has 0 saturated carbocycles. The fraction of sp³-hybridized carbons (Fsp3) is 1.00. The Morgan fingerprint density at radius 2 is 1.68 bits per heavy atom. The maximum absolute atomic E-state index is 5.95. The van der Waals surface area contributed by atoms with Crippen LogP contribution in [0.2, 0.25) is 12.6 Å². The molecule has 0 radical (unpaired) electrons. The van der Waals surface area contributed by atoms with Gasteiger partial charge in [0.15, 0.2) is 6.29 Å². The largest absolute Gasteiger partial charge is 0.457 e. The monoisotopic (exact) mass is 270 g/mol. The maximum atomic E-state index is 5.95. The van der Waals surface area contributed by atoms with E-state index in [0.717, 1.165) is 12.6 Å². The van der Waals surface area contributed by atoms with Crippen LogP contribution in [0.4, 0.5) is 0 Å². The summed E-state index contributed by atoms with van der Waals surface area (Å²) in [7, 11) is 1.22. The molecule has 6 nitrogen and oxygen atoms in total. The van der Waals surface area contributed by atoms with Crippen LogP contribution in [0.3, 0.4) is 0 Å². The van der Waals surface area contributed by atoms with E-state index in [1.54, 1.807) is 7.11 Å². The lowest BCUT2D eigenvalue weighted by Gasteiger charge is -2.45. The molecule has 3 aliphatic rings. The number of fused-ring (bicyclic) bond motifs is 3. The van der Waals surface area contributed by atoms with Crippen molar-refractivity contribution in [1.29, 1.82) is 0 Å². The summed E-state index contributed by atoms with van der Waals surface area (Å²) in [5.41, 5.74) is 0.